The molecule has 2 aromatic heterocycles. The molecule has 0 unspecified atom stereocenters. The van der Waals surface area contributed by atoms with Crippen LogP contribution in [0.2, 0.25) is 0 Å². The number of aryl methyl sites for hydroxylation is 1. The average molecular weight is 411 g/mol. The third-order valence-corrected chi connectivity index (χ3v) is 5.78. The fraction of sp³-hybridized carbons (Fsp3) is 0.250. The number of methoxy groups -OCH3 is 2. The van der Waals surface area contributed by atoms with E-state index in [1.807, 2.05) is 26.0 Å². The van der Waals surface area contributed by atoms with Crippen LogP contribution in [0, 0.1) is 6.92 Å². The molecule has 29 heavy (non-hydrogen) atoms. The number of thiophene rings is 1. The van der Waals surface area contributed by atoms with Gasteiger partial charge in [-0.05, 0) is 38.1 Å². The lowest BCUT2D eigenvalue weighted by Crippen LogP contribution is -2.31. The highest BCUT2D eigenvalue weighted by Crippen LogP contribution is 2.39. The molecule has 8 nitrogen and oxygen atoms in total. The second kappa shape index (κ2) is 7.59. The van der Waals surface area contributed by atoms with Crippen LogP contribution in [-0.2, 0) is 4.79 Å². The van der Waals surface area contributed by atoms with Gasteiger partial charge < -0.3 is 20.1 Å². The van der Waals surface area contributed by atoms with E-state index in [4.69, 9.17) is 9.47 Å². The van der Waals surface area contributed by atoms with Crippen molar-refractivity contribution in [2.45, 2.75) is 19.9 Å². The highest BCUT2D eigenvalue weighted by molar-refractivity contribution is 7.12. The Morgan fingerprint density at radius 3 is 2.72 bits per heavy atom. The first-order valence-corrected chi connectivity index (χ1v) is 9.80. The SMILES string of the molecule is COc1ccc(OC)c(NC(=O)C2=C(C)Nc3ncnn3[C@H]2c2ccc(C)s2)c1. The third kappa shape index (κ3) is 3.44. The van der Waals surface area contributed by atoms with E-state index in [1.165, 1.54) is 6.33 Å². The molecule has 1 amide bonds. The normalized spacial score (nSPS) is 15.5. The number of hydrogen-bond acceptors (Lipinski definition) is 7. The van der Waals surface area contributed by atoms with E-state index < -0.39 is 0 Å². The van der Waals surface area contributed by atoms with Gasteiger partial charge in [-0.2, -0.15) is 10.1 Å². The lowest BCUT2D eigenvalue weighted by molar-refractivity contribution is -0.113. The van der Waals surface area contributed by atoms with Crippen molar-refractivity contribution in [1.29, 1.82) is 0 Å². The first-order chi connectivity index (χ1) is 14.0. The fourth-order valence-corrected chi connectivity index (χ4v) is 4.32. The molecule has 1 aromatic carbocycles. The van der Waals surface area contributed by atoms with Crippen LogP contribution in [0.1, 0.15) is 22.7 Å². The number of fused-ring (bicyclic) bond motifs is 1. The fourth-order valence-electron chi connectivity index (χ4n) is 3.35. The summed E-state index contributed by atoms with van der Waals surface area (Å²) in [4.78, 5) is 19.8. The number of benzene rings is 1. The molecule has 2 N–H and O–H groups in total. The van der Waals surface area contributed by atoms with Gasteiger partial charge in [0.1, 0.15) is 23.9 Å². The van der Waals surface area contributed by atoms with Gasteiger partial charge in [-0.3, -0.25) is 4.79 Å². The number of nitrogens with one attached hydrogen (secondary N) is 2. The molecular weight excluding hydrogens is 390 g/mol. The van der Waals surface area contributed by atoms with Crippen LogP contribution in [0.25, 0.3) is 0 Å². The van der Waals surface area contributed by atoms with Crippen molar-refractivity contribution >= 4 is 28.9 Å². The summed E-state index contributed by atoms with van der Waals surface area (Å²) in [7, 11) is 3.13. The van der Waals surface area contributed by atoms with Gasteiger partial charge in [0.15, 0.2) is 0 Å². The maximum absolute atomic E-state index is 13.4. The monoisotopic (exact) mass is 411 g/mol. The lowest BCUT2D eigenvalue weighted by Gasteiger charge is -2.28. The number of carbonyl (C=O) groups is 1. The maximum Gasteiger partial charge on any atom is 0.256 e. The van der Waals surface area contributed by atoms with Crippen LogP contribution < -0.4 is 20.1 Å². The van der Waals surface area contributed by atoms with E-state index in [2.05, 4.69) is 20.7 Å². The minimum atomic E-state index is -0.371. The highest BCUT2D eigenvalue weighted by atomic mass is 32.1. The number of anilines is 2. The van der Waals surface area contributed by atoms with E-state index in [1.54, 1.807) is 48.4 Å². The number of carbonyl (C=O) groups excluding carboxylic acids is 1. The number of rotatable bonds is 5. The Morgan fingerprint density at radius 2 is 2.03 bits per heavy atom. The molecule has 0 radical (unpaired) electrons. The Morgan fingerprint density at radius 1 is 1.21 bits per heavy atom. The maximum atomic E-state index is 13.4. The molecular formula is C20H21N5O3S. The quantitative estimate of drug-likeness (QED) is 0.667. The molecule has 1 aliphatic rings. The zero-order chi connectivity index (χ0) is 20.5. The summed E-state index contributed by atoms with van der Waals surface area (Å²) in [6.45, 7) is 3.90. The van der Waals surface area contributed by atoms with Crippen LogP contribution in [0.15, 0.2) is 47.9 Å². The molecule has 150 valence electrons. The van der Waals surface area contributed by atoms with Gasteiger partial charge >= 0.3 is 0 Å². The summed E-state index contributed by atoms with van der Waals surface area (Å²) in [6.07, 6.45) is 1.48. The standard InChI is InChI=1S/C20H21N5O3S/c1-11-5-8-16(29-11)18-17(12(2)23-20-21-10-22-25(18)20)19(26)24-14-9-13(27-3)6-7-15(14)28-4/h5-10,18H,1-4H3,(H,24,26)(H,21,22,23)/t18-/m0/s1. The lowest BCUT2D eigenvalue weighted by atomic mass is 10.0. The molecule has 3 heterocycles. The van der Waals surface area contributed by atoms with Gasteiger partial charge in [-0.15, -0.1) is 11.3 Å². The number of ether oxygens (including phenoxy) is 2. The van der Waals surface area contributed by atoms with Crippen LogP contribution in [0.5, 0.6) is 11.5 Å². The van der Waals surface area contributed by atoms with E-state index in [0.717, 1.165) is 15.5 Å². The van der Waals surface area contributed by atoms with Crippen molar-refractivity contribution in [2.24, 2.45) is 0 Å². The van der Waals surface area contributed by atoms with Crippen molar-refractivity contribution in [1.82, 2.24) is 14.8 Å². The molecule has 1 atom stereocenters. The Kier molecular flexibility index (Phi) is 4.98. The van der Waals surface area contributed by atoms with Gasteiger partial charge in [0.2, 0.25) is 5.95 Å². The Bertz CT molecular complexity index is 1100. The van der Waals surface area contributed by atoms with Crippen molar-refractivity contribution in [3.63, 3.8) is 0 Å². The van der Waals surface area contributed by atoms with Crippen LogP contribution in [-0.4, -0.2) is 34.9 Å². The summed E-state index contributed by atoms with van der Waals surface area (Å²) in [6, 6.07) is 8.95. The van der Waals surface area contributed by atoms with Crippen molar-refractivity contribution in [3.05, 3.63) is 57.7 Å². The van der Waals surface area contributed by atoms with Crippen molar-refractivity contribution in [3.8, 4) is 11.5 Å². The molecule has 0 saturated heterocycles. The molecule has 4 rings (SSSR count). The van der Waals surface area contributed by atoms with Crippen molar-refractivity contribution in [2.75, 3.05) is 24.9 Å². The predicted octanol–water partition coefficient (Wildman–Crippen LogP) is 3.59. The largest absolute Gasteiger partial charge is 0.497 e. The Labute approximate surface area is 172 Å². The minimum absolute atomic E-state index is 0.251. The van der Waals surface area contributed by atoms with Gasteiger partial charge in [0, 0.05) is 21.5 Å². The van der Waals surface area contributed by atoms with Gasteiger partial charge in [0.25, 0.3) is 5.91 Å². The average Bonchev–Trinajstić information content (AvgIpc) is 3.35. The van der Waals surface area contributed by atoms with Crippen LogP contribution >= 0.6 is 11.3 Å². The molecule has 0 aliphatic carbocycles. The molecule has 0 saturated carbocycles. The number of amides is 1. The summed E-state index contributed by atoms with van der Waals surface area (Å²) in [5.41, 5.74) is 1.82. The first kappa shape index (κ1) is 19.0. The van der Waals surface area contributed by atoms with Gasteiger partial charge in [0.05, 0.1) is 25.5 Å². The molecule has 0 bridgehead atoms. The van der Waals surface area contributed by atoms with E-state index in [9.17, 15) is 4.79 Å². The number of hydrogen-bond donors (Lipinski definition) is 2. The van der Waals surface area contributed by atoms with Gasteiger partial charge in [-0.25, -0.2) is 4.68 Å². The predicted molar refractivity (Wildman–Crippen MR) is 112 cm³/mol. The first-order valence-electron chi connectivity index (χ1n) is 8.98. The highest BCUT2D eigenvalue weighted by Gasteiger charge is 2.34. The summed E-state index contributed by atoms with van der Waals surface area (Å²) >= 11 is 1.63. The molecule has 1 aliphatic heterocycles. The van der Waals surface area contributed by atoms with Crippen LogP contribution in [0.3, 0.4) is 0 Å². The van der Waals surface area contributed by atoms with Gasteiger partial charge in [-0.1, -0.05) is 0 Å². The zero-order valence-corrected chi connectivity index (χ0v) is 17.3. The molecule has 0 spiro atoms. The number of nitrogens with zero attached hydrogens (tertiary/aromatic N) is 3. The third-order valence-electron chi connectivity index (χ3n) is 4.72. The van der Waals surface area contributed by atoms with Crippen LogP contribution in [0.4, 0.5) is 11.6 Å². The topological polar surface area (TPSA) is 90.3 Å². The smallest absolute Gasteiger partial charge is 0.256 e. The molecule has 9 heteroatoms. The van der Waals surface area contributed by atoms with E-state index >= 15 is 0 Å². The zero-order valence-electron chi connectivity index (χ0n) is 16.5. The molecule has 3 aromatic rings. The summed E-state index contributed by atoms with van der Waals surface area (Å²) in [5.74, 6) is 1.52. The Hall–Kier alpha value is -3.33. The second-order valence-corrected chi connectivity index (χ2v) is 7.88. The van der Waals surface area contributed by atoms with E-state index in [0.29, 0.717) is 28.7 Å². The summed E-state index contributed by atoms with van der Waals surface area (Å²) < 4.78 is 12.4. The number of allylic oxidation sites excluding steroid dienone is 1. The van der Waals surface area contributed by atoms with Crippen molar-refractivity contribution < 1.29 is 14.3 Å². The Balaban J connectivity index is 1.75. The molecule has 0 fully saturated rings. The minimum Gasteiger partial charge on any atom is -0.497 e. The summed E-state index contributed by atoms with van der Waals surface area (Å²) in [5, 5.41) is 10.5. The number of aromatic nitrogens is 3. The van der Waals surface area contributed by atoms with E-state index in [-0.39, 0.29) is 11.9 Å². The second-order valence-electron chi connectivity index (χ2n) is 6.56.